The van der Waals surface area contributed by atoms with Crippen LogP contribution in [0.25, 0.3) is 33.2 Å². The number of nitrogen functional groups attached to an aromatic ring is 1. The number of carbonyl (C=O) groups is 1. The molecule has 0 unspecified atom stereocenters. The minimum Gasteiger partial charge on any atom is -0.465 e. The van der Waals surface area contributed by atoms with E-state index in [2.05, 4.69) is 47.1 Å². The number of carboxylic acid groups (broad SMARTS) is 1. The van der Waals surface area contributed by atoms with Crippen LogP contribution >= 0.6 is 0 Å². The predicted molar refractivity (Wildman–Crippen MR) is 128 cm³/mol. The molecule has 0 aliphatic carbocycles. The molecule has 1 saturated heterocycles. The Hall–Kier alpha value is -3.94. The summed E-state index contributed by atoms with van der Waals surface area (Å²) in [7, 11) is 0. The van der Waals surface area contributed by atoms with E-state index in [4.69, 9.17) is 10.8 Å². The van der Waals surface area contributed by atoms with E-state index >= 15 is 0 Å². The van der Waals surface area contributed by atoms with Crippen molar-refractivity contribution >= 4 is 22.7 Å². The first-order chi connectivity index (χ1) is 15.9. The van der Waals surface area contributed by atoms with Crippen molar-refractivity contribution < 1.29 is 9.90 Å². The molecule has 0 atom stereocenters. The number of aromatic nitrogens is 4. The number of nitrogens with zero attached hydrogens (tertiary/aromatic N) is 5. The van der Waals surface area contributed by atoms with Gasteiger partial charge in [0, 0.05) is 53.8 Å². The van der Waals surface area contributed by atoms with Gasteiger partial charge in [0.15, 0.2) is 0 Å². The van der Waals surface area contributed by atoms with Gasteiger partial charge in [-0.3, -0.25) is 9.67 Å². The van der Waals surface area contributed by atoms with Crippen molar-refractivity contribution in [3.63, 3.8) is 0 Å². The first kappa shape index (κ1) is 20.9. The monoisotopic (exact) mass is 442 g/mol. The van der Waals surface area contributed by atoms with E-state index in [1.54, 1.807) is 6.20 Å². The van der Waals surface area contributed by atoms with Gasteiger partial charge in [-0.15, -0.1) is 0 Å². The Balaban J connectivity index is 1.45. The molecule has 4 heterocycles. The lowest BCUT2D eigenvalue weighted by molar-refractivity contribution is 0.124. The molecule has 33 heavy (non-hydrogen) atoms. The van der Waals surface area contributed by atoms with E-state index in [1.165, 1.54) is 16.0 Å². The lowest BCUT2D eigenvalue weighted by atomic mass is 10.00. The van der Waals surface area contributed by atoms with Crippen LogP contribution in [0.5, 0.6) is 0 Å². The van der Waals surface area contributed by atoms with Crippen LogP contribution in [0.15, 0.2) is 49.1 Å². The van der Waals surface area contributed by atoms with Crippen LogP contribution < -0.4 is 5.73 Å². The fourth-order valence-corrected chi connectivity index (χ4v) is 4.52. The van der Waals surface area contributed by atoms with Crippen LogP contribution in [-0.2, 0) is 0 Å². The van der Waals surface area contributed by atoms with Crippen LogP contribution in [0, 0.1) is 13.8 Å². The normalized spacial score (nSPS) is 14.7. The summed E-state index contributed by atoms with van der Waals surface area (Å²) in [5.74, 6) is 0.435. The standard InChI is InChI=1S/C25H26N6O2/c1-15-3-4-16(2)22-13-27-23(10-20(15)22)21-9-17(11-28-24(21)26)18-12-29-31(14-18)19-5-7-30(8-6-19)25(32)33/h3-4,9-14,19H,5-8H2,1-2H3,(H2,26,28)(H,32,33). The fourth-order valence-electron chi connectivity index (χ4n) is 4.52. The zero-order valence-corrected chi connectivity index (χ0v) is 18.7. The number of fused-ring (bicyclic) bond motifs is 1. The number of pyridine rings is 2. The van der Waals surface area contributed by atoms with Gasteiger partial charge < -0.3 is 15.7 Å². The molecule has 8 heteroatoms. The highest BCUT2D eigenvalue weighted by Crippen LogP contribution is 2.32. The van der Waals surface area contributed by atoms with Crippen LogP contribution in [0.1, 0.15) is 30.0 Å². The molecule has 0 bridgehead atoms. The quantitative estimate of drug-likeness (QED) is 0.477. The zero-order chi connectivity index (χ0) is 23.1. The third-order valence-electron chi connectivity index (χ3n) is 6.58. The molecule has 1 amide bonds. The molecule has 3 N–H and O–H groups in total. The van der Waals surface area contributed by atoms with Gasteiger partial charge in [0.1, 0.15) is 5.82 Å². The summed E-state index contributed by atoms with van der Waals surface area (Å²) in [6.45, 7) is 5.23. The van der Waals surface area contributed by atoms with E-state index in [-0.39, 0.29) is 6.04 Å². The maximum atomic E-state index is 11.2. The molecule has 1 aliphatic heterocycles. The van der Waals surface area contributed by atoms with Gasteiger partial charge in [0.2, 0.25) is 0 Å². The van der Waals surface area contributed by atoms with E-state index in [0.29, 0.717) is 18.9 Å². The molecule has 1 aliphatic rings. The Morgan fingerprint density at radius 3 is 2.45 bits per heavy atom. The largest absolute Gasteiger partial charge is 0.465 e. The number of rotatable bonds is 3. The number of amides is 1. The molecule has 4 aromatic rings. The Labute approximate surface area is 191 Å². The number of aryl methyl sites for hydroxylation is 2. The molecule has 0 saturated carbocycles. The van der Waals surface area contributed by atoms with E-state index in [9.17, 15) is 4.79 Å². The number of hydrogen-bond donors (Lipinski definition) is 2. The Kier molecular flexibility index (Phi) is 5.20. The third-order valence-corrected chi connectivity index (χ3v) is 6.58. The number of likely N-dealkylation sites (tertiary alicyclic amines) is 1. The van der Waals surface area contributed by atoms with Gasteiger partial charge in [-0.25, -0.2) is 9.78 Å². The summed E-state index contributed by atoms with van der Waals surface area (Å²) in [5.41, 5.74) is 12.1. The number of benzene rings is 1. The Morgan fingerprint density at radius 2 is 1.73 bits per heavy atom. The molecular weight excluding hydrogens is 416 g/mol. The Bertz CT molecular complexity index is 1350. The van der Waals surface area contributed by atoms with Crippen LogP contribution in [0.2, 0.25) is 0 Å². The third kappa shape index (κ3) is 3.88. The van der Waals surface area contributed by atoms with Gasteiger partial charge in [-0.05, 0) is 55.3 Å². The molecule has 1 fully saturated rings. The average molecular weight is 443 g/mol. The van der Waals surface area contributed by atoms with Crippen molar-refractivity contribution in [1.29, 1.82) is 0 Å². The molecular formula is C25H26N6O2. The highest BCUT2D eigenvalue weighted by molar-refractivity contribution is 5.91. The molecule has 0 spiro atoms. The first-order valence-corrected chi connectivity index (χ1v) is 11.0. The van der Waals surface area contributed by atoms with Gasteiger partial charge in [0.25, 0.3) is 0 Å². The highest BCUT2D eigenvalue weighted by atomic mass is 16.4. The van der Waals surface area contributed by atoms with Gasteiger partial charge in [0.05, 0.1) is 17.9 Å². The van der Waals surface area contributed by atoms with Gasteiger partial charge in [-0.2, -0.15) is 5.10 Å². The van der Waals surface area contributed by atoms with E-state index < -0.39 is 6.09 Å². The minimum absolute atomic E-state index is 0.184. The number of hydrogen-bond acceptors (Lipinski definition) is 5. The van der Waals surface area contributed by atoms with Crippen LogP contribution in [-0.4, -0.2) is 48.9 Å². The summed E-state index contributed by atoms with van der Waals surface area (Å²) in [6.07, 6.45) is 8.12. The first-order valence-electron chi connectivity index (χ1n) is 11.0. The van der Waals surface area contributed by atoms with E-state index in [1.807, 2.05) is 29.3 Å². The summed E-state index contributed by atoms with van der Waals surface area (Å²) in [6, 6.07) is 8.50. The zero-order valence-electron chi connectivity index (χ0n) is 18.7. The summed E-state index contributed by atoms with van der Waals surface area (Å²) in [4.78, 5) is 21.7. The number of nitrogens with two attached hydrogens (primary N) is 1. The van der Waals surface area contributed by atoms with Crippen LogP contribution in [0.3, 0.4) is 0 Å². The van der Waals surface area contributed by atoms with Crippen molar-refractivity contribution in [2.24, 2.45) is 0 Å². The molecule has 1 aromatic carbocycles. The van der Waals surface area contributed by atoms with Crippen molar-refractivity contribution in [2.45, 2.75) is 32.7 Å². The number of anilines is 1. The predicted octanol–water partition coefficient (Wildman–Crippen LogP) is 4.67. The maximum Gasteiger partial charge on any atom is 0.407 e. The summed E-state index contributed by atoms with van der Waals surface area (Å²) >= 11 is 0. The highest BCUT2D eigenvalue weighted by Gasteiger charge is 2.24. The van der Waals surface area contributed by atoms with Gasteiger partial charge >= 0.3 is 6.09 Å². The van der Waals surface area contributed by atoms with Crippen molar-refractivity contribution in [2.75, 3.05) is 18.8 Å². The lowest BCUT2D eigenvalue weighted by Gasteiger charge is -2.30. The molecule has 3 aromatic heterocycles. The second-order valence-electron chi connectivity index (χ2n) is 8.68. The summed E-state index contributed by atoms with van der Waals surface area (Å²) in [5, 5.41) is 16.0. The minimum atomic E-state index is -0.859. The maximum absolute atomic E-state index is 11.2. The second kappa shape index (κ2) is 8.20. The average Bonchev–Trinajstić information content (AvgIpc) is 3.32. The fraction of sp³-hybridized carbons (Fsp3) is 0.280. The Morgan fingerprint density at radius 1 is 1.00 bits per heavy atom. The SMILES string of the molecule is Cc1ccc(C)c2cc(-c3cc(-c4cnn(C5CCN(C(=O)O)CC5)c4)cnc3N)ncc12. The van der Waals surface area contributed by atoms with Gasteiger partial charge in [-0.1, -0.05) is 12.1 Å². The van der Waals surface area contributed by atoms with Crippen LogP contribution in [0.4, 0.5) is 10.6 Å². The van der Waals surface area contributed by atoms with Crippen molar-refractivity contribution in [3.05, 3.63) is 60.2 Å². The van der Waals surface area contributed by atoms with Crippen molar-refractivity contribution in [1.82, 2.24) is 24.6 Å². The lowest BCUT2D eigenvalue weighted by Crippen LogP contribution is -2.38. The smallest absolute Gasteiger partial charge is 0.407 e. The molecule has 168 valence electrons. The van der Waals surface area contributed by atoms with Crippen molar-refractivity contribution in [3.8, 4) is 22.4 Å². The van der Waals surface area contributed by atoms with E-state index in [0.717, 1.165) is 46.0 Å². The summed E-state index contributed by atoms with van der Waals surface area (Å²) < 4.78 is 1.94. The molecule has 8 nitrogen and oxygen atoms in total. The number of piperidine rings is 1. The molecule has 0 radical (unpaired) electrons. The molecule has 5 rings (SSSR count). The second-order valence-corrected chi connectivity index (χ2v) is 8.68. The topological polar surface area (TPSA) is 110 Å².